The average Bonchev–Trinajstić information content (AvgIpc) is 3.55. The van der Waals surface area contributed by atoms with Gasteiger partial charge in [0.1, 0.15) is 23.2 Å². The van der Waals surface area contributed by atoms with Gasteiger partial charge in [0.05, 0.1) is 17.8 Å². The molecule has 10 nitrogen and oxygen atoms in total. The fourth-order valence-corrected chi connectivity index (χ4v) is 4.82. The van der Waals surface area contributed by atoms with Crippen LogP contribution in [0.15, 0.2) is 53.8 Å². The maximum Gasteiger partial charge on any atom is 1.00 e. The van der Waals surface area contributed by atoms with Crippen LogP contribution in [0.2, 0.25) is 0 Å². The highest BCUT2D eigenvalue weighted by Gasteiger charge is 2.32. The first-order valence-electron chi connectivity index (χ1n) is 12.7. The van der Waals surface area contributed by atoms with E-state index < -0.39 is 17.6 Å². The van der Waals surface area contributed by atoms with Gasteiger partial charge in [-0.05, 0) is 55.3 Å². The average molecular weight is 596 g/mol. The number of nitrogens with one attached hydrogen (secondary N) is 2. The number of amidine groups is 1. The lowest BCUT2D eigenvalue weighted by Crippen LogP contribution is -3.00. The molecule has 2 N–H and O–H groups in total. The summed E-state index contributed by atoms with van der Waals surface area (Å²) in [5.41, 5.74) is 3.37. The molecule has 2 aliphatic rings. The molecule has 3 aromatic heterocycles. The van der Waals surface area contributed by atoms with Crippen LogP contribution in [0.3, 0.4) is 0 Å². The topological polar surface area (TPSA) is 113 Å². The molecule has 216 valence electrons. The number of benzene rings is 1. The summed E-state index contributed by atoms with van der Waals surface area (Å²) in [6.07, 6.45) is 0.0838. The third-order valence-corrected chi connectivity index (χ3v) is 6.78. The van der Waals surface area contributed by atoms with Crippen LogP contribution in [-0.4, -0.2) is 49.6 Å². The van der Waals surface area contributed by atoms with Gasteiger partial charge in [-0.25, -0.2) is 4.98 Å². The van der Waals surface area contributed by atoms with Gasteiger partial charge in [-0.3, -0.25) is 19.5 Å². The lowest BCUT2D eigenvalue weighted by Gasteiger charge is -2.28. The highest BCUT2D eigenvalue weighted by atomic mass is 35.5. The van der Waals surface area contributed by atoms with Crippen LogP contribution in [0.25, 0.3) is 11.6 Å². The van der Waals surface area contributed by atoms with Gasteiger partial charge in [0.15, 0.2) is 0 Å². The Balaban J connectivity index is 0.00000212. The Morgan fingerprint density at radius 1 is 1.10 bits per heavy atom. The number of nitrogens with zero attached hydrogens (tertiary/aromatic N) is 7. The minimum absolute atomic E-state index is 0. The molecule has 14 heteroatoms. The maximum atomic E-state index is 13.1. The molecule has 42 heavy (non-hydrogen) atoms. The summed E-state index contributed by atoms with van der Waals surface area (Å²) in [6.45, 7) is 5.06. The third-order valence-electron chi connectivity index (χ3n) is 6.78. The summed E-state index contributed by atoms with van der Waals surface area (Å²) < 4.78 is 41.1. The predicted octanol–water partition coefficient (Wildman–Crippen LogP) is 2.13. The summed E-state index contributed by atoms with van der Waals surface area (Å²) in [7, 11) is 1.84. The number of carbonyl (C=O) groups is 1. The third kappa shape index (κ3) is 5.42. The van der Waals surface area contributed by atoms with Crippen molar-refractivity contribution in [2.24, 2.45) is 12.0 Å². The first-order valence-corrected chi connectivity index (χ1v) is 12.7. The zero-order chi connectivity index (χ0) is 28.9. The van der Waals surface area contributed by atoms with Crippen LogP contribution in [0, 0.1) is 13.8 Å². The van der Waals surface area contributed by atoms with Crippen LogP contribution in [-0.2, 0) is 13.2 Å². The number of hydrogen-bond acceptors (Lipinski definition) is 8. The molecule has 0 radical (unpaired) electrons. The zero-order valence-corrected chi connectivity index (χ0v) is 23.4. The van der Waals surface area contributed by atoms with Crippen LogP contribution in [0.4, 0.5) is 36.4 Å². The number of fused-ring (bicyclic) bond motifs is 3. The second kappa shape index (κ2) is 10.9. The Labute approximate surface area is 246 Å². The Morgan fingerprint density at radius 3 is 2.64 bits per heavy atom. The molecule has 0 saturated heterocycles. The lowest BCUT2D eigenvalue weighted by molar-refractivity contribution is -0.137. The van der Waals surface area contributed by atoms with Gasteiger partial charge in [0, 0.05) is 48.9 Å². The molecule has 0 aliphatic carbocycles. The van der Waals surface area contributed by atoms with E-state index in [9.17, 15) is 18.0 Å². The minimum Gasteiger partial charge on any atom is -1.00 e. The molecule has 0 bridgehead atoms. The van der Waals surface area contributed by atoms with Crippen LogP contribution >= 0.6 is 0 Å². The van der Waals surface area contributed by atoms with Gasteiger partial charge in [0.25, 0.3) is 5.91 Å². The molecule has 0 unspecified atom stereocenters. The van der Waals surface area contributed by atoms with Gasteiger partial charge < -0.3 is 27.9 Å². The Morgan fingerprint density at radius 2 is 1.90 bits per heavy atom. The van der Waals surface area contributed by atoms with E-state index in [0.717, 1.165) is 63.8 Å². The van der Waals surface area contributed by atoms with Gasteiger partial charge in [-0.1, -0.05) is 6.07 Å². The summed E-state index contributed by atoms with van der Waals surface area (Å²) in [6, 6.07) is 8.76. The van der Waals surface area contributed by atoms with E-state index in [2.05, 4.69) is 25.7 Å². The van der Waals surface area contributed by atoms with Crippen LogP contribution < -0.4 is 27.9 Å². The zero-order valence-electron chi connectivity index (χ0n) is 23.7. The fourth-order valence-electron chi connectivity index (χ4n) is 4.82. The molecule has 2 aliphatic heterocycles. The number of rotatable bonds is 5. The van der Waals surface area contributed by atoms with Gasteiger partial charge in [-0.2, -0.15) is 23.3 Å². The molecule has 6 rings (SSSR count). The van der Waals surface area contributed by atoms with E-state index in [4.69, 9.17) is 9.98 Å². The molecule has 4 aromatic rings. The van der Waals surface area contributed by atoms with E-state index in [-0.39, 0.29) is 19.5 Å². The van der Waals surface area contributed by atoms with Crippen molar-refractivity contribution in [3.63, 3.8) is 0 Å². The maximum absolute atomic E-state index is 13.1. The van der Waals surface area contributed by atoms with E-state index >= 15 is 0 Å². The number of halogens is 4. The summed E-state index contributed by atoms with van der Waals surface area (Å²) in [5, 5.41) is 10.2. The lowest BCUT2D eigenvalue weighted by atomic mass is 9.94. The largest absolute Gasteiger partial charge is 1.00 e. The SMILES string of the molecule is Cc1cc(Nc2ncc3c(n2)N2CCN=C2C(c2cc(NC(=O)c4cc(C(F)(F)F)ccn4)ccc2C)=C3)n(C)n1.[Cl-].[H+]. The normalized spacial score (nSPS) is 13.9. The summed E-state index contributed by atoms with van der Waals surface area (Å²) >= 11 is 0. The molecular weight excluding hydrogens is 571 g/mol. The van der Waals surface area contributed by atoms with E-state index in [1.807, 2.05) is 44.0 Å². The van der Waals surface area contributed by atoms with Crippen molar-refractivity contribution in [2.75, 3.05) is 28.6 Å². The fraction of sp³-hybridized carbons (Fsp3) is 0.214. The van der Waals surface area contributed by atoms with Crippen molar-refractivity contribution >= 4 is 46.7 Å². The van der Waals surface area contributed by atoms with E-state index in [1.165, 1.54) is 0 Å². The van der Waals surface area contributed by atoms with Crippen LogP contribution in [0.5, 0.6) is 0 Å². The molecule has 0 atom stereocenters. The van der Waals surface area contributed by atoms with Crippen molar-refractivity contribution in [1.29, 1.82) is 0 Å². The summed E-state index contributed by atoms with van der Waals surface area (Å²) in [4.78, 5) is 32.6. The predicted molar refractivity (Wildman–Crippen MR) is 150 cm³/mol. The quantitative estimate of drug-likeness (QED) is 0.363. The van der Waals surface area contributed by atoms with E-state index in [0.29, 0.717) is 24.7 Å². The minimum atomic E-state index is -4.58. The number of carbonyl (C=O) groups excluding carboxylic acids is 1. The van der Waals surface area contributed by atoms with Crippen molar-refractivity contribution in [3.8, 4) is 0 Å². The van der Waals surface area contributed by atoms with Crippen molar-refractivity contribution in [3.05, 3.63) is 82.4 Å². The highest BCUT2D eigenvalue weighted by molar-refractivity contribution is 6.36. The Hall–Kier alpha value is -4.78. The van der Waals surface area contributed by atoms with Crippen molar-refractivity contribution in [2.45, 2.75) is 20.0 Å². The number of pyridine rings is 1. The molecule has 0 fully saturated rings. The number of amides is 1. The number of aryl methyl sites for hydroxylation is 3. The van der Waals surface area contributed by atoms with Gasteiger partial charge in [-0.15, -0.1) is 0 Å². The Bertz CT molecular complexity index is 1770. The second-order valence-electron chi connectivity index (χ2n) is 9.72. The highest BCUT2D eigenvalue weighted by Crippen LogP contribution is 2.37. The molecule has 5 heterocycles. The number of hydrogen-bond donors (Lipinski definition) is 2. The van der Waals surface area contributed by atoms with Gasteiger partial charge in [0.2, 0.25) is 5.95 Å². The molecule has 0 spiro atoms. The molecule has 0 saturated carbocycles. The molecule has 1 amide bonds. The Kier molecular flexibility index (Phi) is 7.45. The van der Waals surface area contributed by atoms with Crippen molar-refractivity contribution < 1.29 is 31.8 Å². The number of aromatic nitrogens is 5. The van der Waals surface area contributed by atoms with E-state index in [1.54, 1.807) is 23.0 Å². The smallest absolute Gasteiger partial charge is 1.00 e. The summed E-state index contributed by atoms with van der Waals surface area (Å²) in [5.74, 6) is 1.91. The van der Waals surface area contributed by atoms with Gasteiger partial charge >= 0.3 is 7.60 Å². The second-order valence-corrected chi connectivity index (χ2v) is 9.72. The first-order chi connectivity index (χ1) is 19.6. The molecular formula is C28H25ClF3N9O. The van der Waals surface area contributed by atoms with Crippen LogP contribution in [0.1, 0.15) is 39.9 Å². The number of anilines is 4. The van der Waals surface area contributed by atoms with Crippen molar-refractivity contribution in [1.82, 2.24) is 24.7 Å². The number of alkyl halides is 3. The molecule has 1 aromatic carbocycles. The standard InChI is InChI=1S/C28H24F3N9O.ClH/c1-15-4-5-19(35-26(41)22-12-18(6-7-32-22)28(29,30)31)13-20(15)21-11-17-14-34-27(36-23-10-16(2)38-39(23)3)37-24(17)40-9-8-33-25(21)40;/h4-7,10-14H,8-9H2,1-3H3,(H,35,41)(H,34,36,37);1H. The monoisotopic (exact) mass is 595 g/mol. The number of aliphatic imine (C=N–C) groups is 1. The first kappa shape index (κ1) is 28.7.